The molecule has 1 N–H and O–H groups in total. The van der Waals surface area contributed by atoms with E-state index < -0.39 is 0 Å². The van der Waals surface area contributed by atoms with Crippen molar-refractivity contribution in [1.29, 1.82) is 0 Å². The third-order valence-corrected chi connectivity index (χ3v) is 5.71. The van der Waals surface area contributed by atoms with Crippen LogP contribution in [0.15, 0.2) is 54.6 Å². The Kier molecular flexibility index (Phi) is 3.60. The quantitative estimate of drug-likeness (QED) is 0.322. The minimum atomic E-state index is -0.351. The molecule has 0 fully saturated rings. The van der Waals surface area contributed by atoms with E-state index in [1.54, 1.807) is 12.1 Å². The molecule has 1 aliphatic heterocycles. The van der Waals surface area contributed by atoms with Crippen molar-refractivity contribution in [2.24, 2.45) is 5.92 Å². The SMILES string of the molecule is O=[N+]([O-])c1ccc([C@@H]2Nc3c(I)cccc3[C@@H]3C=CC[C@@H]32)cc1. The van der Waals surface area contributed by atoms with Crippen molar-refractivity contribution in [1.82, 2.24) is 0 Å². The summed E-state index contributed by atoms with van der Waals surface area (Å²) in [5.74, 6) is 0.878. The van der Waals surface area contributed by atoms with Crippen LogP contribution in [-0.2, 0) is 0 Å². The van der Waals surface area contributed by atoms with Gasteiger partial charge in [0.25, 0.3) is 5.69 Å². The molecule has 4 nitrogen and oxygen atoms in total. The largest absolute Gasteiger partial charge is 0.377 e. The van der Waals surface area contributed by atoms with E-state index >= 15 is 0 Å². The van der Waals surface area contributed by atoms with Gasteiger partial charge in [0.15, 0.2) is 0 Å². The lowest BCUT2D eigenvalue weighted by Gasteiger charge is -2.38. The number of benzene rings is 2. The van der Waals surface area contributed by atoms with Crippen LogP contribution in [0.4, 0.5) is 11.4 Å². The van der Waals surface area contributed by atoms with Gasteiger partial charge in [0.1, 0.15) is 0 Å². The highest BCUT2D eigenvalue weighted by atomic mass is 127. The second-order valence-corrected chi connectivity index (χ2v) is 7.19. The highest BCUT2D eigenvalue weighted by Gasteiger charge is 2.38. The molecule has 4 rings (SSSR count). The van der Waals surface area contributed by atoms with Gasteiger partial charge in [0, 0.05) is 21.6 Å². The number of nitrogens with zero attached hydrogens (tertiary/aromatic N) is 1. The summed E-state index contributed by atoms with van der Waals surface area (Å²) in [6.07, 6.45) is 5.59. The monoisotopic (exact) mass is 418 g/mol. The summed E-state index contributed by atoms with van der Waals surface area (Å²) in [4.78, 5) is 10.5. The van der Waals surface area contributed by atoms with Crippen LogP contribution in [0.1, 0.15) is 29.5 Å². The van der Waals surface area contributed by atoms with Crippen molar-refractivity contribution in [3.63, 3.8) is 0 Å². The molecule has 116 valence electrons. The zero-order valence-electron chi connectivity index (χ0n) is 12.3. The Balaban J connectivity index is 1.75. The van der Waals surface area contributed by atoms with Crippen LogP contribution in [0, 0.1) is 19.6 Å². The first-order valence-electron chi connectivity index (χ1n) is 7.61. The second-order valence-electron chi connectivity index (χ2n) is 6.03. The van der Waals surface area contributed by atoms with Crippen LogP contribution in [0.2, 0.25) is 0 Å². The topological polar surface area (TPSA) is 55.2 Å². The number of nitrogens with one attached hydrogen (secondary N) is 1. The number of anilines is 1. The predicted molar refractivity (Wildman–Crippen MR) is 98.6 cm³/mol. The van der Waals surface area contributed by atoms with Gasteiger partial charge in [-0.15, -0.1) is 0 Å². The zero-order chi connectivity index (χ0) is 16.0. The molecule has 0 aromatic heterocycles. The van der Waals surface area contributed by atoms with Crippen LogP contribution < -0.4 is 5.32 Å². The normalized spacial score (nSPS) is 24.7. The van der Waals surface area contributed by atoms with E-state index in [2.05, 4.69) is 58.3 Å². The molecule has 2 aliphatic rings. The average Bonchev–Trinajstić information content (AvgIpc) is 3.04. The fourth-order valence-corrected chi connectivity index (χ4v) is 4.39. The van der Waals surface area contributed by atoms with Crippen LogP contribution >= 0.6 is 22.6 Å². The van der Waals surface area contributed by atoms with E-state index in [9.17, 15) is 10.1 Å². The standard InChI is InChI=1S/C18H15IN2O2/c19-16-6-2-5-15-13-3-1-4-14(13)17(20-18(15)16)11-7-9-12(10-8-11)21(22)23/h1-3,5-10,13-14,17,20H,4H2/t13-,14+,17+/m1/s1. The first-order valence-corrected chi connectivity index (χ1v) is 8.69. The Bertz CT molecular complexity index is 801. The molecular formula is C18H15IN2O2. The molecule has 0 unspecified atom stereocenters. The maximum atomic E-state index is 10.9. The molecule has 0 saturated carbocycles. The van der Waals surface area contributed by atoms with Gasteiger partial charge in [-0.05, 0) is 52.1 Å². The van der Waals surface area contributed by atoms with E-state index in [1.165, 1.54) is 14.8 Å². The Morgan fingerprint density at radius 3 is 2.70 bits per heavy atom. The molecule has 1 heterocycles. The molecule has 0 saturated heterocycles. The lowest BCUT2D eigenvalue weighted by Crippen LogP contribution is -2.29. The van der Waals surface area contributed by atoms with Crippen LogP contribution in [0.3, 0.4) is 0 Å². The number of nitro benzene ring substituents is 1. The maximum Gasteiger partial charge on any atom is 0.269 e. The van der Waals surface area contributed by atoms with E-state index in [1.807, 2.05) is 12.1 Å². The lowest BCUT2D eigenvalue weighted by molar-refractivity contribution is -0.384. The molecule has 5 heteroatoms. The summed E-state index contributed by atoms with van der Waals surface area (Å²) in [5, 5.41) is 14.5. The zero-order valence-corrected chi connectivity index (χ0v) is 14.4. The Labute approximate surface area is 147 Å². The van der Waals surface area contributed by atoms with E-state index in [0.717, 1.165) is 12.0 Å². The third kappa shape index (κ3) is 2.43. The fourth-order valence-electron chi connectivity index (χ4n) is 3.72. The van der Waals surface area contributed by atoms with Gasteiger partial charge < -0.3 is 5.32 Å². The third-order valence-electron chi connectivity index (χ3n) is 4.81. The van der Waals surface area contributed by atoms with Crippen LogP contribution in [0.25, 0.3) is 0 Å². The smallest absolute Gasteiger partial charge is 0.269 e. The van der Waals surface area contributed by atoms with Crippen molar-refractivity contribution in [3.05, 3.63) is 79.4 Å². The highest BCUT2D eigenvalue weighted by Crippen LogP contribution is 2.50. The highest BCUT2D eigenvalue weighted by molar-refractivity contribution is 14.1. The number of hydrogen-bond donors (Lipinski definition) is 1. The second kappa shape index (κ2) is 5.63. The Morgan fingerprint density at radius 1 is 1.17 bits per heavy atom. The molecule has 0 amide bonds. The van der Waals surface area contributed by atoms with Crippen molar-refractivity contribution < 1.29 is 4.92 Å². The summed E-state index contributed by atoms with van der Waals surface area (Å²) in [5.41, 5.74) is 3.80. The Hall–Kier alpha value is -1.89. The van der Waals surface area contributed by atoms with E-state index in [4.69, 9.17) is 0 Å². The number of halogens is 1. The van der Waals surface area contributed by atoms with Crippen molar-refractivity contribution in [3.8, 4) is 0 Å². The lowest BCUT2D eigenvalue weighted by atomic mass is 9.77. The summed E-state index contributed by atoms with van der Waals surface area (Å²) in [6.45, 7) is 0. The number of nitro groups is 1. The van der Waals surface area contributed by atoms with Gasteiger partial charge in [-0.2, -0.15) is 0 Å². The molecule has 1 aliphatic carbocycles. The average molecular weight is 418 g/mol. The van der Waals surface area contributed by atoms with Crippen LogP contribution in [-0.4, -0.2) is 4.92 Å². The molecular weight excluding hydrogens is 403 g/mol. The minimum absolute atomic E-state index is 0.139. The van der Waals surface area contributed by atoms with Gasteiger partial charge in [0.05, 0.1) is 16.7 Å². The summed E-state index contributed by atoms with van der Waals surface area (Å²) < 4.78 is 1.21. The number of allylic oxidation sites excluding steroid dienone is 2. The number of non-ortho nitro benzene ring substituents is 1. The van der Waals surface area contributed by atoms with Crippen molar-refractivity contribution in [2.75, 3.05) is 5.32 Å². The molecule has 3 atom stereocenters. The van der Waals surface area contributed by atoms with Crippen molar-refractivity contribution >= 4 is 34.0 Å². The minimum Gasteiger partial charge on any atom is -0.377 e. The molecule has 2 aromatic carbocycles. The number of para-hydroxylation sites is 1. The van der Waals surface area contributed by atoms with E-state index in [-0.39, 0.29) is 16.7 Å². The fraction of sp³-hybridized carbons (Fsp3) is 0.222. The van der Waals surface area contributed by atoms with Gasteiger partial charge >= 0.3 is 0 Å². The maximum absolute atomic E-state index is 10.9. The molecule has 2 aromatic rings. The van der Waals surface area contributed by atoms with E-state index in [0.29, 0.717) is 11.8 Å². The van der Waals surface area contributed by atoms with Crippen molar-refractivity contribution in [2.45, 2.75) is 18.4 Å². The van der Waals surface area contributed by atoms with Gasteiger partial charge in [-0.3, -0.25) is 10.1 Å². The Morgan fingerprint density at radius 2 is 1.96 bits per heavy atom. The molecule has 0 radical (unpaired) electrons. The summed E-state index contributed by atoms with van der Waals surface area (Å²) in [6, 6.07) is 13.6. The molecule has 0 spiro atoms. The predicted octanol–water partition coefficient (Wildman–Crippen LogP) is 5.03. The van der Waals surface area contributed by atoms with Gasteiger partial charge in [-0.25, -0.2) is 0 Å². The van der Waals surface area contributed by atoms with Gasteiger partial charge in [-0.1, -0.05) is 36.4 Å². The number of rotatable bonds is 2. The first-order chi connectivity index (χ1) is 11.1. The van der Waals surface area contributed by atoms with Gasteiger partial charge in [0.2, 0.25) is 0 Å². The van der Waals surface area contributed by atoms with Crippen LogP contribution in [0.5, 0.6) is 0 Å². The molecule has 23 heavy (non-hydrogen) atoms. The summed E-state index contributed by atoms with van der Waals surface area (Å²) in [7, 11) is 0. The number of hydrogen-bond acceptors (Lipinski definition) is 3. The first kappa shape index (κ1) is 14.7. The summed E-state index contributed by atoms with van der Waals surface area (Å²) >= 11 is 2.36. The molecule has 0 bridgehead atoms. The number of fused-ring (bicyclic) bond motifs is 3.